The van der Waals surface area contributed by atoms with Crippen molar-refractivity contribution < 1.29 is 9.59 Å². The first-order chi connectivity index (χ1) is 26.8. The Kier molecular flexibility index (Phi) is 5.30. The number of rotatable bonds is 1. The summed E-state index contributed by atoms with van der Waals surface area (Å²) in [4.78, 5) is 28.7. The van der Waals surface area contributed by atoms with Crippen LogP contribution in [0.3, 0.4) is 0 Å². The highest BCUT2D eigenvalue weighted by atomic mass is 16.1. The third kappa shape index (κ3) is 3.28. The number of hydrogen-bond donors (Lipinski definition) is 0. The van der Waals surface area contributed by atoms with Crippen molar-refractivity contribution in [2.24, 2.45) is 10.8 Å². The van der Waals surface area contributed by atoms with Crippen molar-refractivity contribution in [1.82, 2.24) is 8.80 Å². The summed E-state index contributed by atoms with van der Waals surface area (Å²) >= 11 is 0. The number of aromatic nitrogens is 2. The van der Waals surface area contributed by atoms with Gasteiger partial charge in [-0.2, -0.15) is 0 Å². The van der Waals surface area contributed by atoms with E-state index >= 15 is 0 Å². The Morgan fingerprint density at radius 1 is 0.446 bits per heavy atom. The topological polar surface area (TPSA) is 43.0 Å². The second-order valence-corrected chi connectivity index (χ2v) is 19.3. The predicted octanol–water partition coefficient (Wildman–Crippen LogP) is 13.2. The molecule has 4 aliphatic rings. The van der Waals surface area contributed by atoms with Crippen molar-refractivity contribution in [3.8, 4) is 11.1 Å². The smallest absolute Gasteiger partial charge is 0.169 e. The van der Waals surface area contributed by atoms with Gasteiger partial charge in [-0.25, -0.2) is 0 Å². The number of carbonyl (C=O) groups is 2. The van der Waals surface area contributed by atoms with Gasteiger partial charge in [0.15, 0.2) is 11.6 Å². The minimum atomic E-state index is -0.499. The van der Waals surface area contributed by atoms with Gasteiger partial charge in [-0.15, -0.1) is 0 Å². The van der Waals surface area contributed by atoms with Crippen molar-refractivity contribution in [1.29, 1.82) is 0 Å². The first kappa shape index (κ1) is 31.5. The van der Waals surface area contributed by atoms with Gasteiger partial charge < -0.3 is 8.80 Å². The zero-order valence-corrected chi connectivity index (χ0v) is 32.8. The third-order valence-electron chi connectivity index (χ3n) is 16.2. The van der Waals surface area contributed by atoms with Crippen LogP contribution in [0, 0.1) is 10.8 Å². The standard InChI is InChI=1S/C52H42N2O2/c1-49(2)37-22-32-28-14-10-16-30-34-24-41-43(42(27-12-8-7-9-13-27)46(34)54(44(28)30)40(32)25-35(37)47(55)50(49,3)4)31-17-11-15-29-33-23-38-36(26-39(33)53(41)45(29)31)48(56)52(6)20-18-51(38,5)19-21-52/h7-17,22-26H,18-21H2,1-6H3. The van der Waals surface area contributed by atoms with Gasteiger partial charge in [0.25, 0.3) is 0 Å². The van der Waals surface area contributed by atoms with Crippen LogP contribution in [0.1, 0.15) is 99.1 Å². The maximum absolute atomic E-state index is 14.5. The monoisotopic (exact) mass is 726 g/mol. The molecule has 4 aliphatic carbocycles. The van der Waals surface area contributed by atoms with Crippen LogP contribution in [0.25, 0.3) is 87.3 Å². The number of carbonyl (C=O) groups excluding carboxylic acids is 2. The fourth-order valence-electron chi connectivity index (χ4n) is 12.1. The van der Waals surface area contributed by atoms with E-state index in [1.807, 2.05) is 0 Å². The van der Waals surface area contributed by atoms with Gasteiger partial charge in [-0.05, 0) is 78.1 Å². The van der Waals surface area contributed by atoms with E-state index in [9.17, 15) is 9.59 Å². The lowest BCUT2D eigenvalue weighted by atomic mass is 9.65. The second kappa shape index (κ2) is 9.44. The van der Waals surface area contributed by atoms with Crippen LogP contribution in [0.2, 0.25) is 0 Å². The molecule has 0 saturated heterocycles. The number of nitrogens with zero attached hydrogens (tertiary/aromatic N) is 2. The molecule has 6 aromatic carbocycles. The van der Waals surface area contributed by atoms with E-state index < -0.39 is 5.41 Å². The maximum Gasteiger partial charge on any atom is 0.169 e. The summed E-state index contributed by atoms with van der Waals surface area (Å²) in [5.41, 5.74) is 12.4. The molecule has 0 atom stereocenters. The van der Waals surface area contributed by atoms with Gasteiger partial charge in [-0.1, -0.05) is 108 Å². The molecular weight excluding hydrogens is 685 g/mol. The van der Waals surface area contributed by atoms with E-state index in [-0.39, 0.29) is 22.0 Å². The van der Waals surface area contributed by atoms with Gasteiger partial charge in [-0.3, -0.25) is 9.59 Å². The molecule has 272 valence electrons. The quantitative estimate of drug-likeness (QED) is 0.169. The lowest BCUT2D eigenvalue weighted by Crippen LogP contribution is -2.35. The summed E-state index contributed by atoms with van der Waals surface area (Å²) in [6.45, 7) is 13.3. The SMILES string of the molecule is CC12CCC(C)(CC1)c1cc3c4cccc5c6c(-c7ccccc7)c7c(cc6n(c3cc1C2=O)c45)c1cccc2c3cc4c(cc3n7c21)C(=O)C(C)(C)C4(C)C. The molecule has 4 heterocycles. The maximum atomic E-state index is 14.5. The molecular formula is C52H42N2O2. The van der Waals surface area contributed by atoms with Crippen LogP contribution in [-0.2, 0) is 10.8 Å². The molecule has 0 N–H and O–H groups in total. The molecule has 10 aromatic rings. The van der Waals surface area contributed by atoms with E-state index in [0.717, 1.165) is 64.5 Å². The Bertz CT molecular complexity index is 3470. The van der Waals surface area contributed by atoms with Crippen molar-refractivity contribution >= 4 is 87.8 Å². The van der Waals surface area contributed by atoms with Gasteiger partial charge in [0, 0.05) is 76.0 Å². The van der Waals surface area contributed by atoms with Gasteiger partial charge in [0.1, 0.15) is 0 Å². The first-order valence-electron chi connectivity index (χ1n) is 20.4. The van der Waals surface area contributed by atoms with Crippen molar-refractivity contribution in [3.63, 3.8) is 0 Å². The summed E-state index contributed by atoms with van der Waals surface area (Å²) < 4.78 is 4.96. The Hall–Kier alpha value is -5.74. The molecule has 4 aromatic heterocycles. The minimum Gasteiger partial charge on any atom is -0.308 e. The van der Waals surface area contributed by atoms with E-state index in [1.165, 1.54) is 70.8 Å². The average Bonchev–Trinajstić information content (AvgIpc) is 3.93. The summed E-state index contributed by atoms with van der Waals surface area (Å²) in [5.74, 6) is 0.541. The van der Waals surface area contributed by atoms with Crippen LogP contribution in [0.15, 0.2) is 97.1 Å². The number of hydrogen-bond acceptors (Lipinski definition) is 2. The molecule has 0 radical (unpaired) electrons. The Labute approximate surface area is 324 Å². The largest absolute Gasteiger partial charge is 0.308 e. The molecule has 1 fully saturated rings. The number of para-hydroxylation sites is 2. The lowest BCUT2D eigenvalue weighted by Gasteiger charge is -2.38. The molecule has 2 bridgehead atoms. The van der Waals surface area contributed by atoms with Crippen LogP contribution < -0.4 is 0 Å². The van der Waals surface area contributed by atoms with Crippen LogP contribution in [0.4, 0.5) is 0 Å². The molecule has 0 unspecified atom stereocenters. The first-order valence-corrected chi connectivity index (χ1v) is 20.4. The Morgan fingerprint density at radius 2 is 1.00 bits per heavy atom. The Morgan fingerprint density at radius 3 is 1.68 bits per heavy atom. The second-order valence-electron chi connectivity index (χ2n) is 19.3. The molecule has 56 heavy (non-hydrogen) atoms. The molecule has 4 heteroatoms. The van der Waals surface area contributed by atoms with Crippen molar-refractivity contribution in [2.45, 2.75) is 78.1 Å². The predicted molar refractivity (Wildman–Crippen MR) is 231 cm³/mol. The number of benzene rings is 6. The molecule has 4 nitrogen and oxygen atoms in total. The normalized spacial score (nSPS) is 23.0. The molecule has 0 spiro atoms. The fraction of sp³-hybridized carbons (Fsp3) is 0.269. The highest BCUT2D eigenvalue weighted by molar-refractivity contribution is 6.34. The molecule has 1 saturated carbocycles. The molecule has 0 aliphatic heterocycles. The highest BCUT2D eigenvalue weighted by Gasteiger charge is 2.52. The summed E-state index contributed by atoms with van der Waals surface area (Å²) in [5, 5.41) is 9.75. The highest BCUT2D eigenvalue weighted by Crippen LogP contribution is 2.57. The minimum absolute atomic E-state index is 0.00964. The van der Waals surface area contributed by atoms with Gasteiger partial charge in [0.05, 0.1) is 33.1 Å². The van der Waals surface area contributed by atoms with Gasteiger partial charge >= 0.3 is 0 Å². The number of Topliss-reactive ketones (excluding diaryl/α,β-unsaturated/α-hetero) is 2. The van der Waals surface area contributed by atoms with E-state index in [2.05, 4.69) is 147 Å². The molecule has 14 rings (SSSR count). The average molecular weight is 727 g/mol. The summed E-state index contributed by atoms with van der Waals surface area (Å²) in [6.07, 6.45) is 4.02. The van der Waals surface area contributed by atoms with E-state index in [0.29, 0.717) is 5.78 Å². The summed E-state index contributed by atoms with van der Waals surface area (Å²) in [7, 11) is 0. The van der Waals surface area contributed by atoms with Crippen molar-refractivity contribution in [3.05, 3.63) is 119 Å². The Balaban J connectivity index is 1.24. The third-order valence-corrected chi connectivity index (χ3v) is 16.2. The zero-order chi connectivity index (χ0) is 38.0. The number of ketones is 2. The zero-order valence-electron chi connectivity index (χ0n) is 32.8. The van der Waals surface area contributed by atoms with E-state index in [4.69, 9.17) is 0 Å². The van der Waals surface area contributed by atoms with E-state index in [1.54, 1.807) is 0 Å². The summed E-state index contributed by atoms with van der Waals surface area (Å²) in [6, 6.07) is 36.0. The fourth-order valence-corrected chi connectivity index (χ4v) is 12.1. The lowest BCUT2D eigenvalue weighted by molar-refractivity contribution is 0.0731. The van der Waals surface area contributed by atoms with Crippen molar-refractivity contribution in [2.75, 3.05) is 0 Å². The van der Waals surface area contributed by atoms with Gasteiger partial charge in [0.2, 0.25) is 0 Å². The van der Waals surface area contributed by atoms with Crippen LogP contribution in [-0.4, -0.2) is 20.4 Å². The van der Waals surface area contributed by atoms with Crippen LogP contribution >= 0.6 is 0 Å². The van der Waals surface area contributed by atoms with Crippen LogP contribution in [0.5, 0.6) is 0 Å². The number of fused-ring (bicyclic) bond motifs is 15. The molecule has 0 amide bonds.